The number of carboxylic acids is 1. The maximum absolute atomic E-state index is 11.6. The van der Waals surface area contributed by atoms with Gasteiger partial charge in [0.25, 0.3) is 0 Å². The van der Waals surface area contributed by atoms with Crippen LogP contribution in [0.2, 0.25) is 0 Å². The Hall–Kier alpha value is -1.32. The Labute approximate surface area is 114 Å². The van der Waals surface area contributed by atoms with Gasteiger partial charge in [0.1, 0.15) is 12.0 Å². The molecule has 4 nitrogen and oxygen atoms in total. The quantitative estimate of drug-likeness (QED) is 0.615. The molecular weight excluding hydrogens is 244 g/mol. The van der Waals surface area contributed by atoms with E-state index in [9.17, 15) is 14.7 Å². The van der Waals surface area contributed by atoms with E-state index in [-0.39, 0.29) is 30.8 Å². The summed E-state index contributed by atoms with van der Waals surface area (Å²) in [5, 5.41) is 9.54. The standard InChI is InChI=1S/C15H24O4/c1-5-13(16)19-9-15(4,14(17)18)12-7-6-10(2)8-11(12)3/h8,11-12H,5-7,9H2,1-4H3,(H,17,18). The summed E-state index contributed by atoms with van der Waals surface area (Å²) in [6, 6.07) is 0. The molecule has 0 saturated carbocycles. The van der Waals surface area contributed by atoms with Gasteiger partial charge in [-0.3, -0.25) is 9.59 Å². The zero-order valence-electron chi connectivity index (χ0n) is 12.2. The van der Waals surface area contributed by atoms with E-state index in [1.165, 1.54) is 5.57 Å². The molecule has 0 amide bonds. The lowest BCUT2D eigenvalue weighted by Gasteiger charge is -2.38. The fourth-order valence-corrected chi connectivity index (χ4v) is 2.85. The highest BCUT2D eigenvalue weighted by molar-refractivity contribution is 5.76. The van der Waals surface area contributed by atoms with Crippen LogP contribution in [-0.2, 0) is 14.3 Å². The number of carboxylic acid groups (broad SMARTS) is 1. The Morgan fingerprint density at radius 1 is 1.53 bits per heavy atom. The average Bonchev–Trinajstić information content (AvgIpc) is 2.35. The molecule has 0 bridgehead atoms. The Balaban J connectivity index is 2.87. The summed E-state index contributed by atoms with van der Waals surface area (Å²) in [6.07, 6.45) is 4.15. The van der Waals surface area contributed by atoms with Crippen LogP contribution in [0, 0.1) is 17.3 Å². The van der Waals surface area contributed by atoms with Crippen LogP contribution in [-0.4, -0.2) is 23.7 Å². The van der Waals surface area contributed by atoms with Gasteiger partial charge < -0.3 is 9.84 Å². The van der Waals surface area contributed by atoms with E-state index in [2.05, 4.69) is 13.0 Å². The van der Waals surface area contributed by atoms with Crippen LogP contribution in [0.5, 0.6) is 0 Å². The predicted octanol–water partition coefficient (Wildman–Crippen LogP) is 3.02. The number of allylic oxidation sites excluding steroid dienone is 2. The first kappa shape index (κ1) is 15.7. The zero-order valence-corrected chi connectivity index (χ0v) is 12.2. The summed E-state index contributed by atoms with van der Waals surface area (Å²) in [4.78, 5) is 22.9. The number of carbonyl (C=O) groups excluding carboxylic acids is 1. The van der Waals surface area contributed by atoms with Crippen LogP contribution in [0.1, 0.15) is 47.0 Å². The number of rotatable bonds is 5. The lowest BCUT2D eigenvalue weighted by Crippen LogP contribution is -2.44. The summed E-state index contributed by atoms with van der Waals surface area (Å²) in [6.45, 7) is 7.46. The normalized spacial score (nSPS) is 26.2. The molecule has 0 radical (unpaired) electrons. The molecule has 0 heterocycles. The zero-order chi connectivity index (χ0) is 14.6. The molecule has 1 rings (SSSR count). The first-order chi connectivity index (χ1) is 8.81. The minimum atomic E-state index is -1.01. The van der Waals surface area contributed by atoms with E-state index < -0.39 is 11.4 Å². The molecule has 0 aromatic rings. The van der Waals surface area contributed by atoms with Crippen LogP contribution in [0.4, 0.5) is 0 Å². The number of aliphatic carboxylic acids is 1. The number of carbonyl (C=O) groups is 2. The molecule has 0 fully saturated rings. The Kier molecular flexibility index (Phi) is 5.15. The van der Waals surface area contributed by atoms with Crippen LogP contribution in [0.25, 0.3) is 0 Å². The smallest absolute Gasteiger partial charge is 0.313 e. The molecule has 0 aromatic heterocycles. The van der Waals surface area contributed by atoms with Gasteiger partial charge in [0, 0.05) is 6.42 Å². The minimum Gasteiger partial charge on any atom is -0.481 e. The Morgan fingerprint density at radius 2 is 2.16 bits per heavy atom. The average molecular weight is 268 g/mol. The number of hydrogen-bond acceptors (Lipinski definition) is 3. The van der Waals surface area contributed by atoms with Crippen molar-refractivity contribution < 1.29 is 19.4 Å². The minimum absolute atomic E-state index is 0.00152. The van der Waals surface area contributed by atoms with Crippen molar-refractivity contribution in [3.8, 4) is 0 Å². The number of ether oxygens (including phenoxy) is 1. The predicted molar refractivity (Wildman–Crippen MR) is 72.6 cm³/mol. The molecule has 0 aliphatic heterocycles. The first-order valence-electron chi connectivity index (χ1n) is 6.87. The van der Waals surface area contributed by atoms with Crippen molar-refractivity contribution >= 4 is 11.9 Å². The second-order valence-corrected chi connectivity index (χ2v) is 5.75. The SMILES string of the molecule is CCC(=O)OCC(C)(C(=O)O)C1CCC(C)=CC1C. The van der Waals surface area contributed by atoms with Crippen LogP contribution >= 0.6 is 0 Å². The van der Waals surface area contributed by atoms with Crippen molar-refractivity contribution in [3.05, 3.63) is 11.6 Å². The van der Waals surface area contributed by atoms with Crippen LogP contribution < -0.4 is 0 Å². The van der Waals surface area contributed by atoms with Gasteiger partial charge in [-0.1, -0.05) is 25.5 Å². The molecule has 19 heavy (non-hydrogen) atoms. The highest BCUT2D eigenvalue weighted by Gasteiger charge is 2.45. The fraction of sp³-hybridized carbons (Fsp3) is 0.733. The van der Waals surface area contributed by atoms with Gasteiger partial charge in [0.15, 0.2) is 0 Å². The lowest BCUT2D eigenvalue weighted by atomic mass is 9.66. The second-order valence-electron chi connectivity index (χ2n) is 5.75. The van der Waals surface area contributed by atoms with Gasteiger partial charge in [-0.05, 0) is 38.5 Å². The molecule has 3 atom stereocenters. The summed E-state index contributed by atoms with van der Waals surface area (Å²) in [5.41, 5.74) is 0.295. The van der Waals surface area contributed by atoms with E-state index >= 15 is 0 Å². The van der Waals surface area contributed by atoms with Gasteiger partial charge >= 0.3 is 11.9 Å². The van der Waals surface area contributed by atoms with Crippen molar-refractivity contribution in [2.45, 2.75) is 47.0 Å². The van der Waals surface area contributed by atoms with Crippen molar-refractivity contribution in [3.63, 3.8) is 0 Å². The lowest BCUT2D eigenvalue weighted by molar-refractivity contribution is -0.163. The molecular formula is C15H24O4. The third-order valence-electron chi connectivity index (χ3n) is 4.16. The summed E-state index contributed by atoms with van der Waals surface area (Å²) < 4.78 is 5.11. The largest absolute Gasteiger partial charge is 0.481 e. The third kappa shape index (κ3) is 3.58. The van der Waals surface area contributed by atoms with E-state index in [1.807, 2.05) is 6.92 Å². The van der Waals surface area contributed by atoms with Gasteiger partial charge in [-0.2, -0.15) is 0 Å². The number of hydrogen-bond donors (Lipinski definition) is 1. The Morgan fingerprint density at radius 3 is 2.63 bits per heavy atom. The third-order valence-corrected chi connectivity index (χ3v) is 4.16. The van der Waals surface area contributed by atoms with Crippen molar-refractivity contribution in [2.75, 3.05) is 6.61 Å². The van der Waals surface area contributed by atoms with Gasteiger partial charge in [-0.15, -0.1) is 0 Å². The number of esters is 1. The molecule has 1 aliphatic carbocycles. The fourth-order valence-electron chi connectivity index (χ4n) is 2.85. The molecule has 108 valence electrons. The van der Waals surface area contributed by atoms with Gasteiger partial charge in [0.2, 0.25) is 0 Å². The summed E-state index contributed by atoms with van der Waals surface area (Å²) >= 11 is 0. The topological polar surface area (TPSA) is 63.6 Å². The van der Waals surface area contributed by atoms with E-state index in [0.29, 0.717) is 0 Å². The molecule has 0 spiro atoms. The van der Waals surface area contributed by atoms with Gasteiger partial charge in [-0.25, -0.2) is 0 Å². The highest BCUT2D eigenvalue weighted by Crippen LogP contribution is 2.41. The maximum Gasteiger partial charge on any atom is 0.313 e. The molecule has 1 aliphatic rings. The molecule has 0 aromatic carbocycles. The summed E-state index contributed by atoms with van der Waals surface area (Å²) in [7, 11) is 0. The monoisotopic (exact) mass is 268 g/mol. The van der Waals surface area contributed by atoms with E-state index in [4.69, 9.17) is 4.74 Å². The van der Waals surface area contributed by atoms with Crippen molar-refractivity contribution in [2.24, 2.45) is 17.3 Å². The molecule has 0 saturated heterocycles. The van der Waals surface area contributed by atoms with Gasteiger partial charge in [0.05, 0.1) is 0 Å². The summed E-state index contributed by atoms with van der Waals surface area (Å²) in [5.74, 6) is -1.04. The molecule has 1 N–H and O–H groups in total. The molecule has 3 unspecified atom stereocenters. The van der Waals surface area contributed by atoms with Crippen LogP contribution in [0.3, 0.4) is 0 Å². The first-order valence-corrected chi connectivity index (χ1v) is 6.87. The van der Waals surface area contributed by atoms with Crippen molar-refractivity contribution in [1.82, 2.24) is 0 Å². The highest BCUT2D eigenvalue weighted by atomic mass is 16.5. The van der Waals surface area contributed by atoms with E-state index in [1.54, 1.807) is 13.8 Å². The Bertz CT molecular complexity index is 386. The van der Waals surface area contributed by atoms with E-state index in [0.717, 1.165) is 12.8 Å². The molecule has 4 heteroatoms. The van der Waals surface area contributed by atoms with Crippen molar-refractivity contribution in [1.29, 1.82) is 0 Å². The van der Waals surface area contributed by atoms with Crippen LogP contribution in [0.15, 0.2) is 11.6 Å². The second kappa shape index (κ2) is 6.22. The maximum atomic E-state index is 11.6.